The van der Waals surface area contributed by atoms with E-state index in [4.69, 9.17) is 0 Å². The van der Waals surface area contributed by atoms with Gasteiger partial charge in [-0.1, -0.05) is 19.9 Å². The third-order valence-corrected chi connectivity index (χ3v) is 3.58. The van der Waals surface area contributed by atoms with Gasteiger partial charge in [-0.3, -0.25) is 0 Å². The molecule has 2 aromatic rings. The first-order valence-electron chi connectivity index (χ1n) is 6.46. The summed E-state index contributed by atoms with van der Waals surface area (Å²) in [6.07, 6.45) is 6.65. The van der Waals surface area contributed by atoms with Crippen LogP contribution >= 0.6 is 0 Å². The van der Waals surface area contributed by atoms with Crippen molar-refractivity contribution < 1.29 is 0 Å². The number of nitrogens with one attached hydrogen (secondary N) is 1. The molecule has 0 radical (unpaired) electrons. The van der Waals surface area contributed by atoms with E-state index in [0.29, 0.717) is 12.0 Å². The minimum Gasteiger partial charge on any atom is -0.310 e. The Labute approximate surface area is 102 Å². The number of rotatable bonds is 2. The van der Waals surface area contributed by atoms with Gasteiger partial charge < -0.3 is 9.72 Å². The predicted octanol–water partition coefficient (Wildman–Crippen LogP) is 2.88. The van der Waals surface area contributed by atoms with Gasteiger partial charge in [0.2, 0.25) is 0 Å². The van der Waals surface area contributed by atoms with E-state index in [1.54, 1.807) is 0 Å². The molecule has 1 saturated heterocycles. The predicted molar refractivity (Wildman–Crippen MR) is 69.3 cm³/mol. The van der Waals surface area contributed by atoms with Crippen LogP contribution in [0.1, 0.15) is 50.0 Å². The van der Waals surface area contributed by atoms with Crippen molar-refractivity contribution in [3.63, 3.8) is 0 Å². The van der Waals surface area contributed by atoms with Gasteiger partial charge in [0.15, 0.2) is 0 Å². The van der Waals surface area contributed by atoms with Gasteiger partial charge in [-0.25, -0.2) is 4.98 Å². The van der Waals surface area contributed by atoms with Crippen LogP contribution in [0.3, 0.4) is 0 Å². The van der Waals surface area contributed by atoms with E-state index in [2.05, 4.69) is 46.9 Å². The number of pyridine rings is 1. The number of fused-ring (bicyclic) bond motifs is 1. The zero-order valence-corrected chi connectivity index (χ0v) is 10.5. The monoisotopic (exact) mass is 229 g/mol. The molecule has 0 amide bonds. The number of hydrogen-bond acceptors (Lipinski definition) is 2. The molecule has 1 unspecified atom stereocenters. The lowest BCUT2D eigenvalue weighted by atomic mass is 10.1. The summed E-state index contributed by atoms with van der Waals surface area (Å²) in [5, 5.41) is 3.56. The van der Waals surface area contributed by atoms with Gasteiger partial charge in [0.05, 0.1) is 11.7 Å². The average molecular weight is 229 g/mol. The van der Waals surface area contributed by atoms with Gasteiger partial charge in [-0.2, -0.15) is 0 Å². The Morgan fingerprint density at radius 3 is 3.06 bits per heavy atom. The molecule has 1 aliphatic rings. The van der Waals surface area contributed by atoms with Crippen LogP contribution in [0.15, 0.2) is 24.5 Å². The molecule has 2 aromatic heterocycles. The maximum absolute atomic E-state index is 4.56. The summed E-state index contributed by atoms with van der Waals surface area (Å²) in [5.41, 5.74) is 2.65. The zero-order chi connectivity index (χ0) is 11.8. The molecular weight excluding hydrogens is 210 g/mol. The topological polar surface area (TPSA) is 29.3 Å². The summed E-state index contributed by atoms with van der Waals surface area (Å²) >= 11 is 0. The van der Waals surface area contributed by atoms with E-state index >= 15 is 0 Å². The van der Waals surface area contributed by atoms with Gasteiger partial charge in [0, 0.05) is 18.2 Å². The first kappa shape index (κ1) is 10.8. The lowest BCUT2D eigenvalue weighted by Gasteiger charge is -2.13. The van der Waals surface area contributed by atoms with E-state index < -0.39 is 0 Å². The van der Waals surface area contributed by atoms with Crippen LogP contribution < -0.4 is 5.32 Å². The Balaban J connectivity index is 2.13. The van der Waals surface area contributed by atoms with Crippen LogP contribution in [0.4, 0.5) is 0 Å². The lowest BCUT2D eigenvalue weighted by molar-refractivity contribution is 0.649. The van der Waals surface area contributed by atoms with Crippen molar-refractivity contribution in [3.8, 4) is 0 Å². The Morgan fingerprint density at radius 1 is 1.47 bits per heavy atom. The molecular formula is C14H19N3. The Bertz CT molecular complexity index is 521. The Hall–Kier alpha value is -1.35. The molecule has 0 saturated carbocycles. The van der Waals surface area contributed by atoms with Crippen LogP contribution in [0.5, 0.6) is 0 Å². The fourth-order valence-electron chi connectivity index (χ4n) is 2.74. The van der Waals surface area contributed by atoms with Crippen LogP contribution in [0.25, 0.3) is 5.52 Å². The second kappa shape index (κ2) is 4.15. The third kappa shape index (κ3) is 1.75. The standard InChI is InChI=1S/C14H19N3/c1-10(2)14-16-9-13-11(5-4-8-17(13)14)12-6-3-7-15-12/h4-5,8-10,12,15H,3,6-7H2,1-2H3. The maximum Gasteiger partial charge on any atom is 0.115 e. The number of hydrogen-bond donors (Lipinski definition) is 1. The Morgan fingerprint density at radius 2 is 2.35 bits per heavy atom. The quantitative estimate of drug-likeness (QED) is 0.858. The Kier molecular flexibility index (Phi) is 2.63. The highest BCUT2D eigenvalue weighted by atomic mass is 15.0. The summed E-state index contributed by atoms with van der Waals surface area (Å²) in [4.78, 5) is 4.56. The molecule has 3 heteroatoms. The van der Waals surface area contributed by atoms with Crippen molar-refractivity contribution >= 4 is 5.52 Å². The van der Waals surface area contributed by atoms with Crippen molar-refractivity contribution in [2.75, 3.05) is 6.54 Å². The van der Waals surface area contributed by atoms with Crippen LogP contribution in [-0.4, -0.2) is 15.9 Å². The molecule has 1 N–H and O–H groups in total. The fraction of sp³-hybridized carbons (Fsp3) is 0.500. The summed E-state index contributed by atoms with van der Waals surface area (Å²) in [5.74, 6) is 1.61. The molecule has 1 aliphatic heterocycles. The molecule has 0 aromatic carbocycles. The molecule has 1 atom stereocenters. The highest BCUT2D eigenvalue weighted by Crippen LogP contribution is 2.28. The summed E-state index contributed by atoms with van der Waals surface area (Å²) < 4.78 is 2.24. The first-order chi connectivity index (χ1) is 8.27. The number of nitrogens with zero attached hydrogens (tertiary/aromatic N) is 2. The van der Waals surface area contributed by atoms with Crippen LogP contribution in [-0.2, 0) is 0 Å². The smallest absolute Gasteiger partial charge is 0.115 e. The van der Waals surface area contributed by atoms with Gasteiger partial charge in [0.25, 0.3) is 0 Å². The first-order valence-corrected chi connectivity index (χ1v) is 6.46. The van der Waals surface area contributed by atoms with Gasteiger partial charge in [0.1, 0.15) is 5.82 Å². The highest BCUT2D eigenvalue weighted by Gasteiger charge is 2.19. The third-order valence-electron chi connectivity index (χ3n) is 3.58. The van der Waals surface area contributed by atoms with Gasteiger partial charge >= 0.3 is 0 Å². The number of imidazole rings is 1. The number of aromatic nitrogens is 2. The molecule has 0 aliphatic carbocycles. The van der Waals surface area contributed by atoms with Crippen molar-refractivity contribution in [1.29, 1.82) is 0 Å². The van der Waals surface area contributed by atoms with Crippen molar-refractivity contribution in [3.05, 3.63) is 35.9 Å². The molecule has 90 valence electrons. The second-order valence-corrected chi connectivity index (χ2v) is 5.14. The SMILES string of the molecule is CC(C)c1ncc2c(C3CCCN3)cccn12. The zero-order valence-electron chi connectivity index (χ0n) is 10.5. The van der Waals surface area contributed by atoms with Crippen LogP contribution in [0.2, 0.25) is 0 Å². The maximum atomic E-state index is 4.56. The van der Waals surface area contributed by atoms with Crippen molar-refractivity contribution in [1.82, 2.24) is 14.7 Å². The van der Waals surface area contributed by atoms with Gasteiger partial charge in [-0.15, -0.1) is 0 Å². The minimum atomic E-state index is 0.462. The van der Waals surface area contributed by atoms with E-state index in [0.717, 1.165) is 12.4 Å². The molecule has 0 bridgehead atoms. The van der Waals surface area contributed by atoms with E-state index in [9.17, 15) is 0 Å². The molecule has 3 nitrogen and oxygen atoms in total. The fourth-order valence-corrected chi connectivity index (χ4v) is 2.74. The average Bonchev–Trinajstić information content (AvgIpc) is 2.97. The van der Waals surface area contributed by atoms with E-state index in [1.165, 1.54) is 23.9 Å². The molecule has 17 heavy (non-hydrogen) atoms. The largest absolute Gasteiger partial charge is 0.310 e. The van der Waals surface area contributed by atoms with E-state index in [1.807, 2.05) is 6.20 Å². The van der Waals surface area contributed by atoms with Gasteiger partial charge in [-0.05, 0) is 31.0 Å². The lowest BCUT2D eigenvalue weighted by Crippen LogP contribution is -2.13. The van der Waals surface area contributed by atoms with Crippen molar-refractivity contribution in [2.24, 2.45) is 0 Å². The summed E-state index contributed by atoms with van der Waals surface area (Å²) in [7, 11) is 0. The minimum absolute atomic E-state index is 0.462. The molecule has 3 heterocycles. The van der Waals surface area contributed by atoms with E-state index in [-0.39, 0.29) is 0 Å². The summed E-state index contributed by atoms with van der Waals surface area (Å²) in [6, 6.07) is 4.87. The highest BCUT2D eigenvalue weighted by molar-refractivity contribution is 5.56. The molecule has 3 rings (SSSR count). The van der Waals surface area contributed by atoms with Crippen LogP contribution in [0, 0.1) is 0 Å². The second-order valence-electron chi connectivity index (χ2n) is 5.14. The summed E-state index contributed by atoms with van der Waals surface area (Å²) in [6.45, 7) is 5.52. The van der Waals surface area contributed by atoms with Crippen molar-refractivity contribution in [2.45, 2.75) is 38.6 Å². The normalized spacial score (nSPS) is 20.5. The molecule has 0 spiro atoms. The molecule has 1 fully saturated rings.